The molecule has 2 aliphatic rings. The van der Waals surface area contributed by atoms with Crippen molar-refractivity contribution in [2.24, 2.45) is 10.8 Å². The van der Waals surface area contributed by atoms with Crippen LogP contribution in [0.25, 0.3) is 27.3 Å². The predicted octanol–water partition coefficient (Wildman–Crippen LogP) is 4.71. The molecule has 42 heavy (non-hydrogen) atoms. The number of hydrazine groups is 1. The summed E-state index contributed by atoms with van der Waals surface area (Å²) in [6.45, 7) is 15.6. The lowest BCUT2D eigenvalue weighted by Gasteiger charge is -2.30. The van der Waals surface area contributed by atoms with Crippen molar-refractivity contribution in [3.05, 3.63) is 46.4 Å². The largest absolute Gasteiger partial charge is 0.425 e. The van der Waals surface area contributed by atoms with E-state index in [9.17, 15) is 14.4 Å². The summed E-state index contributed by atoms with van der Waals surface area (Å²) >= 11 is 0. The number of rotatable bonds is 2. The smallest absolute Gasteiger partial charge is 0.348 e. The molecule has 2 aliphatic heterocycles. The lowest BCUT2D eigenvalue weighted by atomic mass is 9.95. The molecule has 0 atom stereocenters. The van der Waals surface area contributed by atoms with Gasteiger partial charge < -0.3 is 14.4 Å². The topological polar surface area (TPSA) is 121 Å². The van der Waals surface area contributed by atoms with Crippen LogP contribution in [0.15, 0.2) is 35.1 Å². The number of nitrogens with one attached hydrogen (secondary N) is 2. The molecule has 0 aliphatic carbocycles. The summed E-state index contributed by atoms with van der Waals surface area (Å²) < 4.78 is 13.1. The van der Waals surface area contributed by atoms with E-state index in [-0.39, 0.29) is 11.7 Å². The second-order valence-corrected chi connectivity index (χ2v) is 13.0. The Morgan fingerprint density at radius 1 is 0.929 bits per heavy atom. The lowest BCUT2D eigenvalue weighted by molar-refractivity contribution is -0.142. The average molecular weight is 573 g/mol. The third-order valence-electron chi connectivity index (χ3n) is 7.77. The number of fused-ring (bicyclic) bond motifs is 6. The number of benzene rings is 2. The molecule has 4 aromatic rings. The quantitative estimate of drug-likeness (QED) is 0.262. The van der Waals surface area contributed by atoms with Crippen LogP contribution in [0.5, 0.6) is 5.75 Å². The van der Waals surface area contributed by atoms with Crippen LogP contribution in [-0.2, 0) is 14.3 Å². The molecule has 1 amide bonds. The van der Waals surface area contributed by atoms with E-state index in [4.69, 9.17) is 9.47 Å². The number of morpholine rings is 1. The van der Waals surface area contributed by atoms with E-state index in [2.05, 4.69) is 20.5 Å². The van der Waals surface area contributed by atoms with Gasteiger partial charge >= 0.3 is 11.7 Å². The van der Waals surface area contributed by atoms with E-state index in [1.165, 1.54) is 9.41 Å². The Morgan fingerprint density at radius 2 is 1.64 bits per heavy atom. The summed E-state index contributed by atoms with van der Waals surface area (Å²) in [5, 5.41) is 10.6. The molecule has 4 heterocycles. The zero-order valence-corrected chi connectivity index (χ0v) is 25.0. The van der Waals surface area contributed by atoms with Crippen LogP contribution >= 0.6 is 0 Å². The van der Waals surface area contributed by atoms with E-state index in [1.54, 1.807) is 26.8 Å². The Hall–Kier alpha value is -4.38. The summed E-state index contributed by atoms with van der Waals surface area (Å²) in [4.78, 5) is 42.4. The van der Waals surface area contributed by atoms with Gasteiger partial charge in [-0.2, -0.15) is 5.10 Å². The minimum absolute atomic E-state index is 0.152. The van der Waals surface area contributed by atoms with Crippen LogP contribution in [0.3, 0.4) is 0 Å². The molecule has 1 saturated heterocycles. The minimum Gasteiger partial charge on any atom is -0.425 e. The van der Waals surface area contributed by atoms with Crippen molar-refractivity contribution in [2.75, 3.05) is 41.6 Å². The van der Waals surface area contributed by atoms with Crippen molar-refractivity contribution < 1.29 is 19.1 Å². The highest BCUT2D eigenvalue weighted by molar-refractivity contribution is 6.14. The molecule has 2 aromatic carbocycles. The Morgan fingerprint density at radius 3 is 2.31 bits per heavy atom. The van der Waals surface area contributed by atoms with Crippen molar-refractivity contribution in [1.82, 2.24) is 14.6 Å². The monoisotopic (exact) mass is 572 g/mol. The zero-order valence-electron chi connectivity index (χ0n) is 25.0. The first-order chi connectivity index (χ1) is 19.8. The fourth-order valence-electron chi connectivity index (χ4n) is 5.38. The molecule has 6 rings (SSSR count). The van der Waals surface area contributed by atoms with E-state index in [1.807, 2.05) is 52.0 Å². The molecule has 2 aromatic heterocycles. The first kappa shape index (κ1) is 27.8. The number of esters is 1. The summed E-state index contributed by atoms with van der Waals surface area (Å²) in [6, 6.07) is 9.40. The summed E-state index contributed by atoms with van der Waals surface area (Å²) in [7, 11) is 0. The number of amides is 1. The van der Waals surface area contributed by atoms with Crippen LogP contribution in [-0.4, -0.2) is 52.8 Å². The van der Waals surface area contributed by atoms with Crippen molar-refractivity contribution >= 4 is 56.3 Å². The Balaban J connectivity index is 1.76. The maximum atomic E-state index is 13.8. The van der Waals surface area contributed by atoms with Crippen molar-refractivity contribution in [2.45, 2.75) is 48.5 Å². The molecule has 0 saturated carbocycles. The predicted molar refractivity (Wildman–Crippen MR) is 163 cm³/mol. The number of carbonyl (C=O) groups excluding carboxylic acids is 2. The number of hydrogen-bond acceptors (Lipinski definition) is 8. The highest BCUT2D eigenvalue weighted by Crippen LogP contribution is 2.45. The van der Waals surface area contributed by atoms with Crippen LogP contribution in [0.1, 0.15) is 47.1 Å². The maximum Gasteiger partial charge on any atom is 0.348 e. The number of aromatic amines is 1. The maximum absolute atomic E-state index is 13.8. The summed E-state index contributed by atoms with van der Waals surface area (Å²) in [5.41, 5.74) is 5.57. The SMILES string of the molecule is Cc1c2c3cc(c(OC(=O)C(C)(C)C)cc3N(C(=O)C(C)(C)C)N2)c2n[nH]c(=O)n2c2ccc(N3CCOCC3)c1c2. The number of nitrogens with zero attached hydrogens (tertiary/aromatic N) is 4. The van der Waals surface area contributed by atoms with Gasteiger partial charge in [0.15, 0.2) is 5.65 Å². The van der Waals surface area contributed by atoms with Gasteiger partial charge in [-0.15, -0.1) is 0 Å². The second-order valence-electron chi connectivity index (χ2n) is 13.0. The Labute approximate surface area is 243 Å². The summed E-state index contributed by atoms with van der Waals surface area (Å²) in [5.74, 6) is -0.405. The number of aromatic nitrogens is 3. The van der Waals surface area contributed by atoms with Crippen LogP contribution in [0.2, 0.25) is 0 Å². The number of carbonyl (C=O) groups is 2. The van der Waals surface area contributed by atoms with Gasteiger partial charge in [-0.3, -0.25) is 15.0 Å². The van der Waals surface area contributed by atoms with E-state index in [0.29, 0.717) is 35.5 Å². The highest BCUT2D eigenvalue weighted by Gasteiger charge is 2.35. The molecular formula is C31H36N6O5. The van der Waals surface area contributed by atoms with Gasteiger partial charge in [0.2, 0.25) is 0 Å². The normalized spacial score (nSPS) is 15.4. The highest BCUT2D eigenvalue weighted by atomic mass is 16.5. The fourth-order valence-corrected chi connectivity index (χ4v) is 5.38. The van der Waals surface area contributed by atoms with Gasteiger partial charge in [-0.05, 0) is 57.5 Å². The number of ether oxygens (including phenoxy) is 2. The van der Waals surface area contributed by atoms with Crippen molar-refractivity contribution in [3.8, 4) is 5.75 Å². The molecule has 1 fully saturated rings. The van der Waals surface area contributed by atoms with E-state index >= 15 is 0 Å². The number of hydrogen-bond donors (Lipinski definition) is 2. The van der Waals surface area contributed by atoms with Gasteiger partial charge in [0.1, 0.15) is 5.75 Å². The molecule has 11 nitrogen and oxygen atoms in total. The van der Waals surface area contributed by atoms with Crippen LogP contribution < -0.4 is 25.8 Å². The molecule has 0 radical (unpaired) electrons. The molecule has 0 spiro atoms. The zero-order chi connectivity index (χ0) is 30.1. The second kappa shape index (κ2) is 9.59. The van der Waals surface area contributed by atoms with E-state index in [0.717, 1.165) is 40.8 Å². The van der Waals surface area contributed by atoms with Crippen molar-refractivity contribution in [3.63, 3.8) is 0 Å². The van der Waals surface area contributed by atoms with Crippen LogP contribution in [0, 0.1) is 17.8 Å². The number of H-pyrrole nitrogens is 1. The van der Waals surface area contributed by atoms with Crippen molar-refractivity contribution in [1.29, 1.82) is 0 Å². The standard InChI is InChI=1S/C31H36N6O5/c1-17-19-14-18(8-9-22(19)35-10-12-41-13-11-35)36-26(32-33-29(36)40)21-15-20-23(16-24(21)42-28(39)31(5,6)7)37(34-25(17)20)27(38)30(2,3)4/h8-9,14-16,34H,10-13H2,1-7H3,(H,33,40). The third-order valence-corrected chi connectivity index (χ3v) is 7.77. The lowest BCUT2D eigenvalue weighted by Crippen LogP contribution is -2.41. The first-order valence-electron chi connectivity index (χ1n) is 14.1. The fraction of sp³-hybridized carbons (Fsp3) is 0.419. The third kappa shape index (κ3) is 4.48. The molecule has 11 heteroatoms. The molecule has 220 valence electrons. The molecule has 4 bridgehead atoms. The van der Waals surface area contributed by atoms with Gasteiger partial charge in [0.05, 0.1) is 40.9 Å². The molecule has 0 unspecified atom stereocenters. The first-order valence-corrected chi connectivity index (χ1v) is 14.1. The van der Waals surface area contributed by atoms with Gasteiger partial charge in [-0.1, -0.05) is 20.8 Å². The van der Waals surface area contributed by atoms with Gasteiger partial charge in [0.25, 0.3) is 5.91 Å². The Kier molecular flexibility index (Phi) is 6.34. The number of aryl methyl sites for hydroxylation is 1. The average Bonchev–Trinajstić information content (AvgIpc) is 3.50. The van der Waals surface area contributed by atoms with E-state index < -0.39 is 22.5 Å². The number of anilines is 3. The van der Waals surface area contributed by atoms with Gasteiger partial charge in [0, 0.05) is 41.0 Å². The van der Waals surface area contributed by atoms with Gasteiger partial charge in [-0.25, -0.2) is 19.3 Å². The van der Waals surface area contributed by atoms with Crippen LogP contribution in [0.4, 0.5) is 17.1 Å². The molecular weight excluding hydrogens is 536 g/mol. The Bertz CT molecular complexity index is 1870. The minimum atomic E-state index is -0.794. The summed E-state index contributed by atoms with van der Waals surface area (Å²) in [6.07, 6.45) is 0. The molecule has 2 N–H and O–H groups in total.